The third kappa shape index (κ3) is 2.78. The highest BCUT2D eigenvalue weighted by Crippen LogP contribution is 1.91. The molecule has 1 rings (SSSR count). The molecule has 2 N–H and O–H groups in total. The van der Waals surface area contributed by atoms with Crippen molar-refractivity contribution < 1.29 is 0 Å². The lowest BCUT2D eigenvalue weighted by Crippen LogP contribution is -2.15. The number of hydrogen-bond acceptors (Lipinski definition) is 2. The summed E-state index contributed by atoms with van der Waals surface area (Å²) in [5.41, 5.74) is 5.35. The van der Waals surface area contributed by atoms with Gasteiger partial charge in [0.1, 0.15) is 0 Å². The van der Waals surface area contributed by atoms with E-state index in [-0.39, 0.29) is 0 Å². The third-order valence-corrected chi connectivity index (χ3v) is 1.60. The maximum atomic E-state index is 5.35. The summed E-state index contributed by atoms with van der Waals surface area (Å²) in [7, 11) is 0. The van der Waals surface area contributed by atoms with E-state index in [0.717, 1.165) is 4.51 Å². The number of nitrogens with zero attached hydrogens (tertiary/aromatic N) is 1. The average molecular weight is 184 g/mol. The van der Waals surface area contributed by atoms with Gasteiger partial charge in [-0.2, -0.15) is 0 Å². The first-order chi connectivity index (χ1) is 5.18. The van der Waals surface area contributed by atoms with Crippen molar-refractivity contribution in [2.75, 3.05) is 0 Å². The van der Waals surface area contributed by atoms with Gasteiger partial charge < -0.3 is 10.3 Å². The molecule has 0 saturated heterocycles. The topological polar surface area (TPSA) is 30.9 Å². The second kappa shape index (κ2) is 3.59. The predicted molar refractivity (Wildman–Crippen MR) is 52.1 cm³/mol. The minimum absolute atomic E-state index is 0.479. The molecule has 0 aliphatic heterocycles. The Balaban J connectivity index is 2.82. The SMILES string of the molecule is NC(=S)Cn1ccc(=S)cc1. The van der Waals surface area contributed by atoms with Crippen LogP contribution in [0.4, 0.5) is 0 Å². The molecule has 0 unspecified atom stereocenters. The fourth-order valence-corrected chi connectivity index (χ4v) is 1.000. The summed E-state index contributed by atoms with van der Waals surface area (Å²) in [6, 6.07) is 3.68. The molecule has 0 atom stereocenters. The molecule has 0 fully saturated rings. The molecule has 1 heterocycles. The van der Waals surface area contributed by atoms with Crippen molar-refractivity contribution in [2.24, 2.45) is 5.73 Å². The van der Waals surface area contributed by atoms with Gasteiger partial charge in [-0.3, -0.25) is 0 Å². The molecule has 0 spiro atoms. The summed E-state index contributed by atoms with van der Waals surface area (Å²) >= 11 is 9.65. The molecule has 0 radical (unpaired) electrons. The van der Waals surface area contributed by atoms with Crippen molar-refractivity contribution in [3.8, 4) is 0 Å². The quantitative estimate of drug-likeness (QED) is 0.707. The summed E-state index contributed by atoms with van der Waals surface area (Å²) < 4.78 is 2.71. The van der Waals surface area contributed by atoms with Crippen LogP contribution < -0.4 is 5.73 Å². The van der Waals surface area contributed by atoms with Gasteiger partial charge in [0.05, 0.1) is 11.5 Å². The molecular formula is C7H8N2S2. The van der Waals surface area contributed by atoms with Crippen LogP contribution in [0, 0.1) is 4.51 Å². The summed E-state index contributed by atoms with van der Waals surface area (Å²) in [5, 5.41) is 0. The van der Waals surface area contributed by atoms with E-state index in [0.29, 0.717) is 11.5 Å². The van der Waals surface area contributed by atoms with Gasteiger partial charge in [-0.15, -0.1) is 0 Å². The lowest BCUT2D eigenvalue weighted by molar-refractivity contribution is 0.845. The molecule has 1 aromatic rings. The first-order valence-corrected chi connectivity index (χ1v) is 3.94. The van der Waals surface area contributed by atoms with Crippen LogP contribution in [0.1, 0.15) is 0 Å². The Kier molecular flexibility index (Phi) is 2.73. The Morgan fingerprint density at radius 3 is 2.45 bits per heavy atom. The van der Waals surface area contributed by atoms with Crippen LogP contribution in [0.5, 0.6) is 0 Å². The van der Waals surface area contributed by atoms with E-state index in [2.05, 4.69) is 0 Å². The van der Waals surface area contributed by atoms with Gasteiger partial charge in [0.25, 0.3) is 0 Å². The fraction of sp³-hybridized carbons (Fsp3) is 0.143. The molecule has 0 aliphatic carbocycles. The molecule has 0 aliphatic rings. The average Bonchev–Trinajstić information content (AvgIpc) is 1.93. The Morgan fingerprint density at radius 2 is 2.00 bits per heavy atom. The van der Waals surface area contributed by atoms with Gasteiger partial charge in [0, 0.05) is 16.9 Å². The minimum atomic E-state index is 0.479. The van der Waals surface area contributed by atoms with Crippen LogP contribution >= 0.6 is 24.4 Å². The standard InChI is InChI=1S/C7H8N2S2/c8-7(11)5-9-3-1-6(10)2-4-9/h1-4H,5H2,(H2,8,11). The van der Waals surface area contributed by atoms with Gasteiger partial charge in [-0.1, -0.05) is 24.4 Å². The van der Waals surface area contributed by atoms with Crippen molar-refractivity contribution in [3.63, 3.8) is 0 Å². The van der Waals surface area contributed by atoms with Gasteiger partial charge in [0.2, 0.25) is 0 Å². The summed E-state index contributed by atoms with van der Waals surface area (Å²) in [6.07, 6.45) is 3.73. The zero-order valence-electron chi connectivity index (χ0n) is 5.86. The van der Waals surface area contributed by atoms with Crippen LogP contribution in [-0.4, -0.2) is 9.56 Å². The highest BCUT2D eigenvalue weighted by Gasteiger charge is 1.88. The van der Waals surface area contributed by atoms with E-state index < -0.39 is 0 Å². The summed E-state index contributed by atoms with van der Waals surface area (Å²) in [5.74, 6) is 0. The highest BCUT2D eigenvalue weighted by molar-refractivity contribution is 7.80. The third-order valence-electron chi connectivity index (χ3n) is 1.20. The largest absolute Gasteiger partial charge is 0.392 e. The van der Waals surface area contributed by atoms with Crippen molar-refractivity contribution in [1.82, 2.24) is 4.57 Å². The zero-order chi connectivity index (χ0) is 8.27. The Labute approximate surface area is 75.6 Å². The van der Waals surface area contributed by atoms with Gasteiger partial charge in [0.15, 0.2) is 0 Å². The molecule has 11 heavy (non-hydrogen) atoms. The van der Waals surface area contributed by atoms with Crippen LogP contribution in [0.3, 0.4) is 0 Å². The van der Waals surface area contributed by atoms with Crippen LogP contribution in [0.15, 0.2) is 24.5 Å². The van der Waals surface area contributed by atoms with Crippen molar-refractivity contribution in [3.05, 3.63) is 29.0 Å². The smallest absolute Gasteiger partial charge is 0.0927 e. The number of rotatable bonds is 2. The van der Waals surface area contributed by atoms with E-state index in [1.165, 1.54) is 0 Å². The molecule has 0 amide bonds. The van der Waals surface area contributed by atoms with Crippen molar-refractivity contribution >= 4 is 29.4 Å². The van der Waals surface area contributed by atoms with E-state index >= 15 is 0 Å². The molecular weight excluding hydrogens is 176 g/mol. The van der Waals surface area contributed by atoms with E-state index in [1.54, 1.807) is 0 Å². The number of thiocarbonyl (C=S) groups is 1. The molecule has 0 saturated carbocycles. The molecule has 58 valence electrons. The Hall–Kier alpha value is -0.740. The lowest BCUT2D eigenvalue weighted by atomic mass is 10.5. The normalized spacial score (nSPS) is 9.45. The lowest BCUT2D eigenvalue weighted by Gasteiger charge is -2.02. The fourth-order valence-electron chi connectivity index (χ4n) is 0.729. The second-order valence-corrected chi connectivity index (χ2v) is 3.17. The first kappa shape index (κ1) is 8.36. The van der Waals surface area contributed by atoms with Crippen LogP contribution in [0.25, 0.3) is 0 Å². The Bertz CT molecular complexity index is 296. The predicted octanol–water partition coefficient (Wildman–Crippen LogP) is 1.50. The van der Waals surface area contributed by atoms with Gasteiger partial charge in [-0.25, -0.2) is 0 Å². The number of aromatic nitrogens is 1. The highest BCUT2D eigenvalue weighted by atomic mass is 32.1. The van der Waals surface area contributed by atoms with E-state index in [9.17, 15) is 0 Å². The van der Waals surface area contributed by atoms with Gasteiger partial charge in [-0.05, 0) is 12.1 Å². The summed E-state index contributed by atoms with van der Waals surface area (Å²) in [6.45, 7) is 0.574. The van der Waals surface area contributed by atoms with Crippen LogP contribution in [0.2, 0.25) is 0 Å². The van der Waals surface area contributed by atoms with Crippen LogP contribution in [-0.2, 0) is 6.54 Å². The molecule has 2 nitrogen and oxygen atoms in total. The summed E-state index contributed by atoms with van der Waals surface area (Å²) in [4.78, 5) is 0.479. The Morgan fingerprint density at radius 1 is 1.45 bits per heavy atom. The van der Waals surface area contributed by atoms with E-state index in [4.69, 9.17) is 30.2 Å². The second-order valence-electron chi connectivity index (χ2n) is 2.17. The van der Waals surface area contributed by atoms with E-state index in [1.807, 2.05) is 29.1 Å². The van der Waals surface area contributed by atoms with Crippen molar-refractivity contribution in [1.29, 1.82) is 0 Å². The van der Waals surface area contributed by atoms with Crippen molar-refractivity contribution in [2.45, 2.75) is 6.54 Å². The minimum Gasteiger partial charge on any atom is -0.392 e. The zero-order valence-corrected chi connectivity index (χ0v) is 7.49. The number of nitrogens with two attached hydrogens (primary N) is 1. The number of hydrogen-bond donors (Lipinski definition) is 1. The first-order valence-electron chi connectivity index (χ1n) is 3.13. The maximum absolute atomic E-state index is 5.35. The monoisotopic (exact) mass is 184 g/mol. The molecule has 1 aromatic heterocycles. The van der Waals surface area contributed by atoms with Gasteiger partial charge >= 0.3 is 0 Å². The molecule has 0 bridgehead atoms. The number of pyridine rings is 1. The molecule has 0 aromatic carbocycles. The maximum Gasteiger partial charge on any atom is 0.0927 e. The molecule has 4 heteroatoms.